The number of rotatable bonds is 4. The Bertz CT molecular complexity index is 873. The third-order valence-corrected chi connectivity index (χ3v) is 5.11. The highest BCUT2D eigenvalue weighted by Gasteiger charge is 2.17. The highest BCUT2D eigenvalue weighted by Crippen LogP contribution is 2.23. The molecule has 2 aromatic carbocycles. The lowest BCUT2D eigenvalue weighted by Gasteiger charge is -2.04. The predicted octanol–water partition coefficient (Wildman–Crippen LogP) is 3.31. The maximum Gasteiger partial charge on any atom is 0.264 e. The topological polar surface area (TPSA) is 72.0 Å². The summed E-state index contributed by atoms with van der Waals surface area (Å²) in [5, 5.41) is 0.669. The fourth-order valence-corrected chi connectivity index (χ4v) is 3.49. The lowest BCUT2D eigenvalue weighted by atomic mass is 10.2. The van der Waals surface area contributed by atoms with E-state index in [2.05, 4.69) is 14.1 Å². The van der Waals surface area contributed by atoms with Crippen LogP contribution in [0.3, 0.4) is 0 Å². The van der Waals surface area contributed by atoms with Gasteiger partial charge in [0.2, 0.25) is 5.95 Å². The zero-order valence-corrected chi connectivity index (χ0v) is 13.4. The van der Waals surface area contributed by atoms with E-state index >= 15 is 0 Å². The molecule has 1 heterocycles. The summed E-state index contributed by atoms with van der Waals surface area (Å²) in [6, 6.07) is 16.1. The maximum atomic E-state index is 12.3. The van der Waals surface area contributed by atoms with Crippen LogP contribution in [0.5, 0.6) is 0 Å². The van der Waals surface area contributed by atoms with Crippen LogP contribution in [0.15, 0.2) is 59.5 Å². The molecule has 0 saturated heterocycles. The summed E-state index contributed by atoms with van der Waals surface area (Å²) in [5.41, 5.74) is 1.90. The van der Waals surface area contributed by atoms with E-state index in [0.29, 0.717) is 5.01 Å². The zero-order chi connectivity index (χ0) is 15.6. The van der Waals surface area contributed by atoms with Crippen molar-refractivity contribution in [2.24, 2.45) is 0 Å². The van der Waals surface area contributed by atoms with Gasteiger partial charge >= 0.3 is 0 Å². The van der Waals surface area contributed by atoms with E-state index in [1.807, 2.05) is 37.3 Å². The fourth-order valence-electron chi connectivity index (χ4n) is 1.86. The quantitative estimate of drug-likeness (QED) is 0.796. The van der Waals surface area contributed by atoms with E-state index in [0.717, 1.165) is 22.7 Å². The average Bonchev–Trinajstić information content (AvgIpc) is 2.96. The number of benzene rings is 2. The number of anilines is 1. The molecule has 3 aromatic rings. The number of sulfonamides is 1. The van der Waals surface area contributed by atoms with Gasteiger partial charge < -0.3 is 0 Å². The van der Waals surface area contributed by atoms with Crippen LogP contribution in [0.2, 0.25) is 0 Å². The first kappa shape index (κ1) is 14.7. The van der Waals surface area contributed by atoms with Crippen molar-refractivity contribution in [1.82, 2.24) is 9.36 Å². The number of aromatic nitrogens is 2. The molecule has 5 nitrogen and oxygen atoms in total. The van der Waals surface area contributed by atoms with E-state index in [1.165, 1.54) is 0 Å². The van der Waals surface area contributed by atoms with Crippen LogP contribution in [0.1, 0.15) is 5.56 Å². The van der Waals surface area contributed by atoms with Gasteiger partial charge in [-0.1, -0.05) is 48.0 Å². The van der Waals surface area contributed by atoms with Crippen LogP contribution in [0.25, 0.3) is 10.6 Å². The van der Waals surface area contributed by atoms with Gasteiger partial charge in [-0.2, -0.15) is 9.36 Å². The van der Waals surface area contributed by atoms with Crippen molar-refractivity contribution in [2.45, 2.75) is 11.8 Å². The van der Waals surface area contributed by atoms with Gasteiger partial charge in [0.1, 0.15) is 5.01 Å². The van der Waals surface area contributed by atoms with E-state index in [9.17, 15) is 8.42 Å². The zero-order valence-electron chi connectivity index (χ0n) is 11.7. The summed E-state index contributed by atoms with van der Waals surface area (Å²) >= 11 is 1.15. The largest absolute Gasteiger partial charge is 0.264 e. The first-order chi connectivity index (χ1) is 10.5. The van der Waals surface area contributed by atoms with Gasteiger partial charge in [-0.05, 0) is 30.6 Å². The molecular formula is C15H13N3O2S2. The maximum absolute atomic E-state index is 12.3. The van der Waals surface area contributed by atoms with Crippen LogP contribution in [0, 0.1) is 6.92 Å². The molecule has 0 aliphatic rings. The highest BCUT2D eigenvalue weighted by atomic mass is 32.2. The lowest BCUT2D eigenvalue weighted by molar-refractivity contribution is 0.601. The Morgan fingerprint density at radius 1 is 1.00 bits per heavy atom. The van der Waals surface area contributed by atoms with Gasteiger partial charge in [0.05, 0.1) is 4.90 Å². The molecule has 22 heavy (non-hydrogen) atoms. The Balaban J connectivity index is 1.84. The lowest BCUT2D eigenvalue weighted by Crippen LogP contribution is -2.13. The molecule has 0 saturated carbocycles. The number of aryl methyl sites for hydroxylation is 1. The molecule has 0 aliphatic carbocycles. The number of hydrogen-bond acceptors (Lipinski definition) is 5. The number of hydrogen-bond donors (Lipinski definition) is 1. The van der Waals surface area contributed by atoms with Crippen molar-refractivity contribution < 1.29 is 8.42 Å². The van der Waals surface area contributed by atoms with Crippen molar-refractivity contribution in [3.8, 4) is 10.6 Å². The van der Waals surface area contributed by atoms with Crippen LogP contribution in [-0.4, -0.2) is 17.8 Å². The molecular weight excluding hydrogens is 318 g/mol. The third kappa shape index (κ3) is 3.15. The minimum atomic E-state index is -3.67. The van der Waals surface area contributed by atoms with Crippen LogP contribution in [-0.2, 0) is 10.0 Å². The Morgan fingerprint density at radius 2 is 1.68 bits per heavy atom. The Labute approximate surface area is 132 Å². The highest BCUT2D eigenvalue weighted by molar-refractivity contribution is 7.92. The molecule has 0 amide bonds. The minimum absolute atomic E-state index is 0.0874. The third-order valence-electron chi connectivity index (χ3n) is 3.00. The van der Waals surface area contributed by atoms with Crippen LogP contribution < -0.4 is 4.72 Å². The predicted molar refractivity (Wildman–Crippen MR) is 87.3 cm³/mol. The molecule has 0 spiro atoms. The molecule has 0 unspecified atom stereocenters. The number of nitrogens with one attached hydrogen (secondary N) is 1. The van der Waals surface area contributed by atoms with Gasteiger partial charge in [0.25, 0.3) is 10.0 Å². The Morgan fingerprint density at radius 3 is 2.36 bits per heavy atom. The summed E-state index contributed by atoms with van der Waals surface area (Å²) in [6.07, 6.45) is 0. The smallest absolute Gasteiger partial charge is 0.246 e. The normalized spacial score (nSPS) is 11.3. The second kappa shape index (κ2) is 5.86. The van der Waals surface area contributed by atoms with Crippen molar-refractivity contribution in [1.29, 1.82) is 0 Å². The SMILES string of the molecule is Cc1ccc(S(=O)(=O)Nc2nsc(-c3ccccc3)n2)cc1. The Kier molecular flexibility index (Phi) is 3.91. The fraction of sp³-hybridized carbons (Fsp3) is 0.0667. The molecule has 0 aliphatic heterocycles. The van der Waals surface area contributed by atoms with Crippen molar-refractivity contribution in [2.75, 3.05) is 4.72 Å². The van der Waals surface area contributed by atoms with E-state index < -0.39 is 10.0 Å². The van der Waals surface area contributed by atoms with Crippen molar-refractivity contribution in [3.05, 3.63) is 60.2 Å². The van der Waals surface area contributed by atoms with Crippen molar-refractivity contribution in [3.63, 3.8) is 0 Å². The second-order valence-corrected chi connectivity index (χ2v) is 7.14. The second-order valence-electron chi connectivity index (χ2n) is 4.71. The number of nitrogens with zero attached hydrogens (tertiary/aromatic N) is 2. The molecule has 112 valence electrons. The van der Waals surface area contributed by atoms with Crippen molar-refractivity contribution >= 4 is 27.5 Å². The molecule has 7 heteroatoms. The summed E-state index contributed by atoms with van der Waals surface area (Å²) in [4.78, 5) is 4.41. The average molecular weight is 331 g/mol. The first-order valence-electron chi connectivity index (χ1n) is 6.53. The van der Waals surface area contributed by atoms with Gasteiger partial charge in [-0.3, -0.25) is 0 Å². The molecule has 1 aromatic heterocycles. The summed E-state index contributed by atoms with van der Waals surface area (Å²) < 4.78 is 31.0. The molecule has 0 fully saturated rings. The minimum Gasteiger partial charge on any atom is -0.246 e. The van der Waals surface area contributed by atoms with Gasteiger partial charge in [-0.25, -0.2) is 13.1 Å². The standard InChI is InChI=1S/C15H13N3O2S2/c1-11-7-9-13(10-8-11)22(19,20)18-15-16-14(21-17-15)12-5-3-2-4-6-12/h2-10H,1H3,(H,17,18). The van der Waals surface area contributed by atoms with Gasteiger partial charge in [-0.15, -0.1) is 0 Å². The molecule has 0 bridgehead atoms. The van der Waals surface area contributed by atoms with Crippen LogP contribution >= 0.6 is 11.5 Å². The van der Waals surface area contributed by atoms with E-state index in [1.54, 1.807) is 24.3 Å². The summed E-state index contributed by atoms with van der Waals surface area (Å²) in [5.74, 6) is 0.0874. The summed E-state index contributed by atoms with van der Waals surface area (Å²) in [6.45, 7) is 1.90. The Hall–Kier alpha value is -2.25. The summed E-state index contributed by atoms with van der Waals surface area (Å²) in [7, 11) is -3.67. The molecule has 0 radical (unpaired) electrons. The van der Waals surface area contributed by atoms with Crippen LogP contribution in [0.4, 0.5) is 5.95 Å². The van der Waals surface area contributed by atoms with Gasteiger partial charge in [0.15, 0.2) is 0 Å². The molecule has 3 rings (SSSR count). The van der Waals surface area contributed by atoms with Gasteiger partial charge in [0, 0.05) is 5.56 Å². The van der Waals surface area contributed by atoms with E-state index in [-0.39, 0.29) is 10.8 Å². The first-order valence-corrected chi connectivity index (χ1v) is 8.79. The molecule has 1 N–H and O–H groups in total. The molecule has 0 atom stereocenters. The monoisotopic (exact) mass is 331 g/mol. The van der Waals surface area contributed by atoms with E-state index in [4.69, 9.17) is 0 Å².